The maximum absolute atomic E-state index is 13.0. The molecule has 7 nitrogen and oxygen atoms in total. The first kappa shape index (κ1) is 23.8. The van der Waals surface area contributed by atoms with E-state index in [-0.39, 0.29) is 23.2 Å². The van der Waals surface area contributed by atoms with Crippen LogP contribution in [0.15, 0.2) is 73.7 Å². The Labute approximate surface area is 202 Å². The molecule has 0 saturated carbocycles. The van der Waals surface area contributed by atoms with E-state index in [1.807, 2.05) is 42.5 Å². The van der Waals surface area contributed by atoms with Crippen molar-refractivity contribution in [2.45, 2.75) is 50.4 Å². The molecule has 4 rings (SSSR count). The Balaban J connectivity index is 1.53. The van der Waals surface area contributed by atoms with Crippen molar-refractivity contribution in [3.63, 3.8) is 0 Å². The first-order valence-electron chi connectivity index (χ1n) is 11.1. The van der Waals surface area contributed by atoms with Gasteiger partial charge < -0.3 is 4.52 Å². The van der Waals surface area contributed by atoms with Gasteiger partial charge in [0.1, 0.15) is 0 Å². The molecule has 0 radical (unpaired) electrons. The molecule has 0 aliphatic heterocycles. The summed E-state index contributed by atoms with van der Waals surface area (Å²) in [4.78, 5) is 30.4. The predicted molar refractivity (Wildman–Crippen MR) is 134 cm³/mol. The summed E-state index contributed by atoms with van der Waals surface area (Å²) in [6.07, 6.45) is 0. The van der Waals surface area contributed by atoms with Crippen molar-refractivity contribution in [3.8, 4) is 11.4 Å². The average Bonchev–Trinajstić information content (AvgIpc) is 3.30. The van der Waals surface area contributed by atoms with Crippen molar-refractivity contribution < 1.29 is 4.52 Å². The SMILES string of the molecule is Cc1c(SCc2nc(-c3ccc(C(C)(C)C)cc3)no2)n(C)c(=O)n(Cc2ccccc2)c1=O. The van der Waals surface area contributed by atoms with Crippen LogP contribution in [0.4, 0.5) is 0 Å². The molecule has 2 aromatic carbocycles. The summed E-state index contributed by atoms with van der Waals surface area (Å²) in [7, 11) is 1.68. The van der Waals surface area contributed by atoms with Crippen LogP contribution in [0.5, 0.6) is 0 Å². The van der Waals surface area contributed by atoms with Gasteiger partial charge in [-0.05, 0) is 23.5 Å². The zero-order chi connectivity index (χ0) is 24.5. The van der Waals surface area contributed by atoms with E-state index in [4.69, 9.17) is 4.52 Å². The van der Waals surface area contributed by atoms with Crippen LogP contribution in [-0.2, 0) is 24.8 Å². The lowest BCUT2D eigenvalue weighted by atomic mass is 9.87. The van der Waals surface area contributed by atoms with Crippen LogP contribution in [0.1, 0.15) is 43.4 Å². The summed E-state index contributed by atoms with van der Waals surface area (Å²) >= 11 is 1.34. The van der Waals surface area contributed by atoms with E-state index in [9.17, 15) is 9.59 Å². The third-order valence-electron chi connectivity index (χ3n) is 5.70. The van der Waals surface area contributed by atoms with Crippen LogP contribution < -0.4 is 11.2 Å². The fraction of sp³-hybridized carbons (Fsp3) is 0.308. The molecule has 8 heteroatoms. The van der Waals surface area contributed by atoms with Gasteiger partial charge in [0.05, 0.1) is 17.3 Å². The minimum atomic E-state index is -0.355. The number of rotatable bonds is 6. The highest BCUT2D eigenvalue weighted by molar-refractivity contribution is 7.98. The third-order valence-corrected chi connectivity index (χ3v) is 6.95. The Morgan fingerprint density at radius 2 is 1.68 bits per heavy atom. The molecule has 0 saturated heterocycles. The van der Waals surface area contributed by atoms with Crippen LogP contribution in [0.25, 0.3) is 11.4 Å². The molecule has 0 bridgehead atoms. The molecule has 0 fully saturated rings. The minimum Gasteiger partial charge on any atom is -0.338 e. The maximum atomic E-state index is 13.0. The Morgan fingerprint density at radius 3 is 2.32 bits per heavy atom. The van der Waals surface area contributed by atoms with E-state index in [0.29, 0.717) is 28.1 Å². The van der Waals surface area contributed by atoms with Gasteiger partial charge in [0.15, 0.2) is 0 Å². The van der Waals surface area contributed by atoms with Gasteiger partial charge in [-0.2, -0.15) is 4.98 Å². The van der Waals surface area contributed by atoms with Gasteiger partial charge in [0.2, 0.25) is 11.7 Å². The second-order valence-electron chi connectivity index (χ2n) is 9.28. The number of hydrogen-bond acceptors (Lipinski definition) is 6. The molecule has 0 amide bonds. The normalized spacial score (nSPS) is 11.7. The quantitative estimate of drug-likeness (QED) is 0.300. The predicted octanol–water partition coefficient (Wildman–Crippen LogP) is 4.54. The van der Waals surface area contributed by atoms with Crippen molar-refractivity contribution in [1.82, 2.24) is 19.3 Å². The van der Waals surface area contributed by atoms with Crippen LogP contribution >= 0.6 is 11.8 Å². The molecule has 0 aliphatic rings. The first-order chi connectivity index (χ1) is 16.1. The number of nitrogens with zero attached hydrogens (tertiary/aromatic N) is 4. The fourth-order valence-electron chi connectivity index (χ4n) is 3.69. The molecule has 2 heterocycles. The van der Waals surface area contributed by atoms with Crippen LogP contribution in [0.3, 0.4) is 0 Å². The van der Waals surface area contributed by atoms with E-state index >= 15 is 0 Å². The van der Waals surface area contributed by atoms with Crippen LogP contribution in [0.2, 0.25) is 0 Å². The Morgan fingerprint density at radius 1 is 1.00 bits per heavy atom. The highest BCUT2D eigenvalue weighted by Gasteiger charge is 2.18. The van der Waals surface area contributed by atoms with Gasteiger partial charge in [-0.1, -0.05) is 92.3 Å². The molecule has 34 heavy (non-hydrogen) atoms. The summed E-state index contributed by atoms with van der Waals surface area (Å²) < 4.78 is 8.20. The monoisotopic (exact) mass is 476 g/mol. The van der Waals surface area contributed by atoms with Crippen molar-refractivity contribution in [3.05, 3.63) is 98.0 Å². The summed E-state index contributed by atoms with van der Waals surface area (Å²) in [6.45, 7) is 8.48. The van der Waals surface area contributed by atoms with E-state index < -0.39 is 0 Å². The highest BCUT2D eigenvalue weighted by Crippen LogP contribution is 2.26. The molecule has 0 unspecified atom stereocenters. The van der Waals surface area contributed by atoms with Crippen molar-refractivity contribution in [1.29, 1.82) is 0 Å². The lowest BCUT2D eigenvalue weighted by Gasteiger charge is -2.18. The lowest BCUT2D eigenvalue weighted by Crippen LogP contribution is -2.41. The van der Waals surface area contributed by atoms with E-state index in [0.717, 1.165) is 11.1 Å². The highest BCUT2D eigenvalue weighted by atomic mass is 32.2. The molecule has 0 N–H and O–H groups in total. The van der Waals surface area contributed by atoms with Crippen LogP contribution in [0, 0.1) is 6.92 Å². The van der Waals surface area contributed by atoms with Gasteiger partial charge in [0.25, 0.3) is 5.56 Å². The smallest absolute Gasteiger partial charge is 0.331 e. The largest absolute Gasteiger partial charge is 0.338 e. The number of hydrogen-bond donors (Lipinski definition) is 0. The fourth-order valence-corrected chi connectivity index (χ4v) is 4.64. The second kappa shape index (κ2) is 9.46. The van der Waals surface area contributed by atoms with E-state index in [1.165, 1.54) is 26.5 Å². The van der Waals surface area contributed by atoms with E-state index in [2.05, 4.69) is 43.0 Å². The molecule has 4 aromatic rings. The van der Waals surface area contributed by atoms with E-state index in [1.54, 1.807) is 14.0 Å². The van der Waals surface area contributed by atoms with Crippen molar-refractivity contribution >= 4 is 11.8 Å². The zero-order valence-corrected chi connectivity index (χ0v) is 20.8. The van der Waals surface area contributed by atoms with Crippen molar-refractivity contribution in [2.75, 3.05) is 0 Å². The van der Waals surface area contributed by atoms with Gasteiger partial charge in [-0.3, -0.25) is 13.9 Å². The average molecular weight is 477 g/mol. The molecule has 0 aliphatic carbocycles. The number of benzene rings is 2. The topological polar surface area (TPSA) is 82.9 Å². The first-order valence-corrected chi connectivity index (χ1v) is 12.0. The summed E-state index contributed by atoms with van der Waals surface area (Å²) in [5, 5.41) is 4.69. The van der Waals surface area contributed by atoms with Gasteiger partial charge in [-0.15, -0.1) is 0 Å². The molecular formula is C26H28N4O3S. The Hall–Kier alpha value is -3.39. The second-order valence-corrected chi connectivity index (χ2v) is 10.2. The zero-order valence-electron chi connectivity index (χ0n) is 20.0. The summed E-state index contributed by atoms with van der Waals surface area (Å²) in [5.41, 5.74) is 2.94. The van der Waals surface area contributed by atoms with Crippen LogP contribution in [-0.4, -0.2) is 19.3 Å². The molecule has 2 aromatic heterocycles. The summed E-state index contributed by atoms with van der Waals surface area (Å²) in [5.74, 6) is 1.30. The number of aromatic nitrogens is 4. The molecular weight excluding hydrogens is 448 g/mol. The lowest BCUT2D eigenvalue weighted by molar-refractivity contribution is 0.391. The molecule has 176 valence electrons. The minimum absolute atomic E-state index is 0.0702. The van der Waals surface area contributed by atoms with Gasteiger partial charge >= 0.3 is 5.69 Å². The Kier molecular flexibility index (Phi) is 6.61. The standard InChI is InChI=1S/C26H28N4O3S/c1-17-23(31)30(15-18-9-7-6-8-10-18)25(32)29(5)24(17)34-16-21-27-22(28-33-21)19-11-13-20(14-12-19)26(2,3)4/h6-14H,15-16H2,1-5H3. The molecule has 0 atom stereocenters. The van der Waals surface area contributed by atoms with Gasteiger partial charge in [0, 0.05) is 18.2 Å². The third kappa shape index (κ3) is 4.92. The number of thioether (sulfide) groups is 1. The molecule has 0 spiro atoms. The Bertz CT molecular complexity index is 1370. The maximum Gasteiger partial charge on any atom is 0.331 e. The van der Waals surface area contributed by atoms with Crippen molar-refractivity contribution in [2.24, 2.45) is 7.05 Å². The van der Waals surface area contributed by atoms with Gasteiger partial charge in [-0.25, -0.2) is 4.79 Å². The summed E-state index contributed by atoms with van der Waals surface area (Å²) in [6, 6.07) is 17.6.